The first-order valence-electron chi connectivity index (χ1n) is 10.7. The Balaban J connectivity index is 1.49. The fourth-order valence-electron chi connectivity index (χ4n) is 3.73. The number of amides is 1. The van der Waals surface area contributed by atoms with Crippen molar-refractivity contribution in [3.63, 3.8) is 0 Å². The summed E-state index contributed by atoms with van der Waals surface area (Å²) in [6.45, 7) is 6.07. The molecule has 2 aromatic rings. The summed E-state index contributed by atoms with van der Waals surface area (Å²) in [6, 6.07) is 11.1. The molecule has 0 bridgehead atoms. The Morgan fingerprint density at radius 3 is 2.52 bits per heavy atom. The highest BCUT2D eigenvalue weighted by molar-refractivity contribution is 6.13. The number of aliphatic imine (C=N–C) groups is 1. The number of carbonyl (C=O) groups excluding carboxylic acids is 2. The van der Waals surface area contributed by atoms with Gasteiger partial charge in [-0.3, -0.25) is 4.79 Å². The summed E-state index contributed by atoms with van der Waals surface area (Å²) in [5, 5.41) is 0. The van der Waals surface area contributed by atoms with Gasteiger partial charge in [0.25, 0.3) is 5.91 Å². The van der Waals surface area contributed by atoms with Crippen LogP contribution >= 0.6 is 0 Å². The highest BCUT2D eigenvalue weighted by Gasteiger charge is 2.25. The second-order valence-electron chi connectivity index (χ2n) is 7.90. The van der Waals surface area contributed by atoms with Gasteiger partial charge in [-0.25, -0.2) is 9.79 Å². The Kier molecular flexibility index (Phi) is 6.74. The van der Waals surface area contributed by atoms with Gasteiger partial charge in [0.15, 0.2) is 23.8 Å². The SMILES string of the molecule is COc1cc(C=C2N=C(c3cc(C)cc(C)c3)OC2=O)ccc1OCC(=O)N1CCOCC1. The van der Waals surface area contributed by atoms with Gasteiger partial charge >= 0.3 is 5.97 Å². The number of carbonyl (C=O) groups is 2. The summed E-state index contributed by atoms with van der Waals surface area (Å²) < 4.78 is 21.8. The van der Waals surface area contributed by atoms with Gasteiger partial charge in [-0.15, -0.1) is 0 Å². The van der Waals surface area contributed by atoms with Crippen molar-refractivity contribution < 1.29 is 28.5 Å². The number of ether oxygens (including phenoxy) is 4. The molecule has 0 radical (unpaired) electrons. The first kappa shape index (κ1) is 22.5. The number of hydrogen-bond donors (Lipinski definition) is 0. The quantitative estimate of drug-likeness (QED) is 0.497. The minimum absolute atomic E-state index is 0.0906. The van der Waals surface area contributed by atoms with Gasteiger partial charge < -0.3 is 23.8 Å². The van der Waals surface area contributed by atoms with Crippen molar-refractivity contribution in [2.45, 2.75) is 13.8 Å². The lowest BCUT2D eigenvalue weighted by molar-refractivity contribution is -0.137. The van der Waals surface area contributed by atoms with Crippen molar-refractivity contribution in [3.05, 3.63) is 64.3 Å². The molecule has 0 saturated carbocycles. The van der Waals surface area contributed by atoms with Crippen molar-refractivity contribution in [2.75, 3.05) is 40.0 Å². The van der Waals surface area contributed by atoms with E-state index in [1.54, 1.807) is 29.2 Å². The minimum Gasteiger partial charge on any atom is -0.493 e. The molecule has 4 rings (SSSR count). The van der Waals surface area contributed by atoms with Crippen molar-refractivity contribution in [2.24, 2.45) is 4.99 Å². The second-order valence-corrected chi connectivity index (χ2v) is 7.90. The molecule has 1 fully saturated rings. The fourth-order valence-corrected chi connectivity index (χ4v) is 3.73. The molecule has 8 heteroatoms. The zero-order valence-corrected chi connectivity index (χ0v) is 18.9. The monoisotopic (exact) mass is 450 g/mol. The molecule has 172 valence electrons. The number of benzene rings is 2. The average Bonchev–Trinajstić information content (AvgIpc) is 3.18. The number of aryl methyl sites for hydroxylation is 2. The van der Waals surface area contributed by atoms with Crippen LogP contribution in [0.15, 0.2) is 47.1 Å². The van der Waals surface area contributed by atoms with E-state index in [-0.39, 0.29) is 24.1 Å². The number of esters is 1. The molecule has 0 aliphatic carbocycles. The molecule has 0 N–H and O–H groups in total. The topological polar surface area (TPSA) is 86.7 Å². The summed E-state index contributed by atoms with van der Waals surface area (Å²) >= 11 is 0. The smallest absolute Gasteiger partial charge is 0.363 e. The molecule has 0 unspecified atom stereocenters. The molecule has 2 heterocycles. The van der Waals surface area contributed by atoms with Crippen molar-refractivity contribution in [1.29, 1.82) is 0 Å². The maximum Gasteiger partial charge on any atom is 0.363 e. The van der Waals surface area contributed by atoms with Gasteiger partial charge in [0.1, 0.15) is 0 Å². The van der Waals surface area contributed by atoms with Crippen LogP contribution in [0.5, 0.6) is 11.5 Å². The zero-order valence-electron chi connectivity index (χ0n) is 18.9. The lowest BCUT2D eigenvalue weighted by Gasteiger charge is -2.26. The van der Waals surface area contributed by atoms with Gasteiger partial charge in [0.05, 0.1) is 20.3 Å². The number of nitrogens with zero attached hydrogens (tertiary/aromatic N) is 2. The Hall–Kier alpha value is -3.65. The van der Waals surface area contributed by atoms with E-state index < -0.39 is 5.97 Å². The van der Waals surface area contributed by atoms with Crippen LogP contribution in [-0.2, 0) is 19.1 Å². The van der Waals surface area contributed by atoms with Crippen LogP contribution in [0.1, 0.15) is 22.3 Å². The number of morpholine rings is 1. The highest BCUT2D eigenvalue weighted by atomic mass is 16.6. The lowest BCUT2D eigenvalue weighted by atomic mass is 10.1. The average molecular weight is 450 g/mol. The first-order chi connectivity index (χ1) is 15.9. The normalized spacial score (nSPS) is 17.1. The van der Waals surface area contributed by atoms with E-state index in [0.717, 1.165) is 16.7 Å². The third-order valence-electron chi connectivity index (χ3n) is 5.30. The molecule has 2 aliphatic heterocycles. The minimum atomic E-state index is -0.514. The number of methoxy groups -OCH3 is 1. The lowest BCUT2D eigenvalue weighted by Crippen LogP contribution is -2.43. The molecule has 0 aromatic heterocycles. The molecule has 8 nitrogen and oxygen atoms in total. The fraction of sp³-hybridized carbons (Fsp3) is 0.320. The molecule has 0 spiro atoms. The molecular weight excluding hydrogens is 424 g/mol. The highest BCUT2D eigenvalue weighted by Crippen LogP contribution is 2.30. The van der Waals surface area contributed by atoms with Crippen molar-refractivity contribution in [3.8, 4) is 11.5 Å². The summed E-state index contributed by atoms with van der Waals surface area (Å²) in [4.78, 5) is 30.8. The van der Waals surface area contributed by atoms with E-state index in [0.29, 0.717) is 43.4 Å². The summed E-state index contributed by atoms with van der Waals surface area (Å²) in [5.74, 6) is 0.554. The van der Waals surface area contributed by atoms with Crippen LogP contribution in [0.4, 0.5) is 0 Å². The Morgan fingerprint density at radius 2 is 1.82 bits per heavy atom. The maximum atomic E-state index is 12.4. The largest absolute Gasteiger partial charge is 0.493 e. The van der Waals surface area contributed by atoms with Gasteiger partial charge in [0.2, 0.25) is 5.90 Å². The Labute approximate surface area is 192 Å². The molecule has 1 amide bonds. The summed E-state index contributed by atoms with van der Waals surface area (Å²) in [6.07, 6.45) is 1.63. The molecule has 1 saturated heterocycles. The molecule has 0 atom stereocenters. The summed E-state index contributed by atoms with van der Waals surface area (Å²) in [5.41, 5.74) is 3.77. The third-order valence-corrected chi connectivity index (χ3v) is 5.30. The summed E-state index contributed by atoms with van der Waals surface area (Å²) in [7, 11) is 1.52. The van der Waals surface area contributed by atoms with E-state index >= 15 is 0 Å². The van der Waals surface area contributed by atoms with Crippen LogP contribution in [0.2, 0.25) is 0 Å². The molecule has 2 aliphatic rings. The van der Waals surface area contributed by atoms with E-state index in [1.165, 1.54) is 7.11 Å². The van der Waals surface area contributed by atoms with Crippen LogP contribution < -0.4 is 9.47 Å². The zero-order chi connectivity index (χ0) is 23.4. The molecule has 2 aromatic carbocycles. The van der Waals surface area contributed by atoms with Crippen LogP contribution in [0.3, 0.4) is 0 Å². The third kappa shape index (κ3) is 5.40. The van der Waals surface area contributed by atoms with Crippen LogP contribution in [0.25, 0.3) is 6.08 Å². The van der Waals surface area contributed by atoms with Gasteiger partial charge in [-0.05, 0) is 49.8 Å². The van der Waals surface area contributed by atoms with Gasteiger partial charge in [0, 0.05) is 18.7 Å². The number of hydrogen-bond acceptors (Lipinski definition) is 7. The predicted molar refractivity (Wildman–Crippen MR) is 122 cm³/mol. The van der Waals surface area contributed by atoms with Gasteiger partial charge in [-0.1, -0.05) is 23.3 Å². The van der Waals surface area contributed by atoms with E-state index in [1.807, 2.05) is 32.0 Å². The second kappa shape index (κ2) is 9.87. The Bertz CT molecular complexity index is 1110. The first-order valence-corrected chi connectivity index (χ1v) is 10.7. The van der Waals surface area contributed by atoms with E-state index in [9.17, 15) is 9.59 Å². The van der Waals surface area contributed by atoms with Crippen molar-refractivity contribution in [1.82, 2.24) is 4.90 Å². The maximum absolute atomic E-state index is 12.4. The molecule has 33 heavy (non-hydrogen) atoms. The van der Waals surface area contributed by atoms with Crippen molar-refractivity contribution >= 4 is 23.9 Å². The van der Waals surface area contributed by atoms with Gasteiger partial charge in [-0.2, -0.15) is 0 Å². The Morgan fingerprint density at radius 1 is 1.09 bits per heavy atom. The van der Waals surface area contributed by atoms with Crippen LogP contribution in [-0.4, -0.2) is 62.7 Å². The number of cyclic esters (lactones) is 1. The predicted octanol–water partition coefficient (Wildman–Crippen LogP) is 2.89. The standard InChI is InChI=1S/C25H26N2O6/c1-16-10-17(2)12-19(11-16)24-26-20(25(29)33-24)13-18-4-5-21(22(14-18)30-3)32-15-23(28)27-6-8-31-9-7-27/h4-5,10-14H,6-9,15H2,1-3H3. The van der Waals surface area contributed by atoms with Crippen LogP contribution in [0, 0.1) is 13.8 Å². The number of rotatable bonds is 6. The van der Waals surface area contributed by atoms with E-state index in [2.05, 4.69) is 4.99 Å². The molecular formula is C25H26N2O6. The van der Waals surface area contributed by atoms with E-state index in [4.69, 9.17) is 18.9 Å².